The Hall–Kier alpha value is -2.92. The quantitative estimate of drug-likeness (QED) is 0.513. The first-order valence-corrected chi connectivity index (χ1v) is 10.2. The van der Waals surface area contributed by atoms with Gasteiger partial charge in [0, 0.05) is 44.1 Å². The van der Waals surface area contributed by atoms with Gasteiger partial charge in [-0.1, -0.05) is 72.2 Å². The van der Waals surface area contributed by atoms with Crippen molar-refractivity contribution in [2.45, 2.75) is 38.1 Å². The predicted octanol–water partition coefficient (Wildman–Crippen LogP) is 4.60. The van der Waals surface area contributed by atoms with Gasteiger partial charge in [-0.25, -0.2) is 0 Å². The third kappa shape index (κ3) is 6.29. The van der Waals surface area contributed by atoms with E-state index >= 15 is 0 Å². The van der Waals surface area contributed by atoms with Crippen LogP contribution in [0, 0.1) is 0 Å². The number of carbonyl (C=O) groups is 1. The van der Waals surface area contributed by atoms with Crippen LogP contribution in [0.5, 0.6) is 0 Å². The molecule has 1 amide bonds. The van der Waals surface area contributed by atoms with Crippen molar-refractivity contribution < 1.29 is 9.32 Å². The van der Waals surface area contributed by atoms with E-state index in [1.54, 1.807) is 4.90 Å². The average molecular weight is 392 g/mol. The summed E-state index contributed by atoms with van der Waals surface area (Å²) in [6, 6.07) is 21.6. The molecule has 1 atom stereocenters. The maximum atomic E-state index is 12.4. The molecule has 0 fully saturated rings. The first kappa shape index (κ1) is 20.8. The maximum Gasteiger partial charge on any atom is 0.224 e. The van der Waals surface area contributed by atoms with E-state index in [0.717, 1.165) is 54.8 Å². The number of aromatic nitrogens is 1. The number of aryl methyl sites for hydroxylation is 1. The number of carbonyl (C=O) groups excluding carboxylic acids is 1. The summed E-state index contributed by atoms with van der Waals surface area (Å²) in [6.45, 7) is 0.742. The van der Waals surface area contributed by atoms with E-state index < -0.39 is 0 Å². The highest BCUT2D eigenvalue weighted by atomic mass is 16.5. The van der Waals surface area contributed by atoms with Crippen LogP contribution in [0.15, 0.2) is 71.3 Å². The highest BCUT2D eigenvalue weighted by molar-refractivity contribution is 5.76. The summed E-state index contributed by atoms with van der Waals surface area (Å²) >= 11 is 0. The molecule has 0 spiro atoms. The highest BCUT2D eigenvalue weighted by Gasteiger charge is 2.15. The molecule has 0 bridgehead atoms. The molecule has 3 rings (SSSR count). The fraction of sp³-hybridized carbons (Fsp3) is 0.333. The van der Waals surface area contributed by atoms with Gasteiger partial charge in [-0.05, 0) is 18.4 Å². The molecule has 5 nitrogen and oxygen atoms in total. The Kier molecular flexibility index (Phi) is 7.59. The minimum atomic E-state index is -0.253. The number of hydrogen-bond acceptors (Lipinski definition) is 4. The first-order valence-electron chi connectivity index (χ1n) is 10.2. The Labute approximate surface area is 172 Å². The normalized spacial score (nSPS) is 11.9. The van der Waals surface area contributed by atoms with E-state index in [0.29, 0.717) is 6.42 Å². The van der Waals surface area contributed by atoms with Crippen LogP contribution in [-0.2, 0) is 11.2 Å². The number of nitrogens with zero attached hydrogens (tertiary/aromatic N) is 2. The van der Waals surface area contributed by atoms with E-state index in [9.17, 15) is 4.79 Å². The molecule has 5 heteroatoms. The lowest BCUT2D eigenvalue weighted by Gasteiger charge is -2.19. The van der Waals surface area contributed by atoms with Crippen molar-refractivity contribution in [3.63, 3.8) is 0 Å². The summed E-state index contributed by atoms with van der Waals surface area (Å²) < 4.78 is 5.44. The van der Waals surface area contributed by atoms with E-state index in [-0.39, 0.29) is 11.9 Å². The van der Waals surface area contributed by atoms with Crippen molar-refractivity contribution in [3.8, 4) is 11.3 Å². The molecular formula is C24H29N3O2. The minimum Gasteiger partial charge on any atom is -0.361 e. The molecule has 0 aliphatic carbocycles. The van der Waals surface area contributed by atoms with Crippen molar-refractivity contribution in [1.29, 1.82) is 0 Å². The Morgan fingerprint density at radius 2 is 1.72 bits per heavy atom. The smallest absolute Gasteiger partial charge is 0.224 e. The standard InChI is InChI=1S/C24H29N3O2/c1-27(24(28)18-22(25)19-11-5-2-6-12-19)16-10-4-9-15-21-17-23(26-29-21)20-13-7-3-8-14-20/h2-3,5-8,11-14,17,22H,4,9-10,15-16,18,25H2,1H3. The first-order chi connectivity index (χ1) is 14.1. The van der Waals surface area contributed by atoms with Crippen LogP contribution in [0.4, 0.5) is 0 Å². The predicted molar refractivity (Wildman–Crippen MR) is 115 cm³/mol. The lowest BCUT2D eigenvalue weighted by atomic mass is 10.0. The van der Waals surface area contributed by atoms with Gasteiger partial charge in [-0.15, -0.1) is 0 Å². The molecule has 3 aromatic rings. The summed E-state index contributed by atoms with van der Waals surface area (Å²) in [4.78, 5) is 14.2. The zero-order valence-electron chi connectivity index (χ0n) is 17.0. The Bertz CT molecular complexity index is 877. The van der Waals surface area contributed by atoms with E-state index in [2.05, 4.69) is 5.16 Å². The van der Waals surface area contributed by atoms with Crippen LogP contribution in [0.25, 0.3) is 11.3 Å². The van der Waals surface area contributed by atoms with E-state index in [4.69, 9.17) is 10.3 Å². The Morgan fingerprint density at radius 3 is 2.45 bits per heavy atom. The van der Waals surface area contributed by atoms with Crippen molar-refractivity contribution in [1.82, 2.24) is 10.1 Å². The van der Waals surface area contributed by atoms with Gasteiger partial charge in [0.2, 0.25) is 5.91 Å². The molecule has 0 saturated carbocycles. The van der Waals surface area contributed by atoms with Crippen molar-refractivity contribution >= 4 is 5.91 Å². The molecular weight excluding hydrogens is 362 g/mol. The fourth-order valence-electron chi connectivity index (χ4n) is 3.29. The van der Waals surface area contributed by atoms with Crippen LogP contribution in [0.3, 0.4) is 0 Å². The molecule has 1 heterocycles. The van der Waals surface area contributed by atoms with E-state index in [1.807, 2.05) is 73.8 Å². The largest absolute Gasteiger partial charge is 0.361 e. The second-order valence-corrected chi connectivity index (χ2v) is 7.39. The third-order valence-electron chi connectivity index (χ3n) is 5.09. The third-order valence-corrected chi connectivity index (χ3v) is 5.09. The van der Waals surface area contributed by atoms with Gasteiger partial charge in [0.05, 0.1) is 0 Å². The van der Waals surface area contributed by atoms with Crippen LogP contribution in [0.1, 0.15) is 43.0 Å². The van der Waals surface area contributed by atoms with Gasteiger partial charge in [-0.2, -0.15) is 0 Å². The second kappa shape index (κ2) is 10.6. The van der Waals surface area contributed by atoms with Crippen LogP contribution < -0.4 is 5.73 Å². The fourth-order valence-corrected chi connectivity index (χ4v) is 3.29. The Morgan fingerprint density at radius 1 is 1.03 bits per heavy atom. The molecule has 1 unspecified atom stereocenters. The van der Waals surface area contributed by atoms with Crippen LogP contribution in [0.2, 0.25) is 0 Å². The minimum absolute atomic E-state index is 0.0871. The molecule has 2 N–H and O–H groups in total. The molecule has 2 aromatic carbocycles. The van der Waals surface area contributed by atoms with Gasteiger partial charge >= 0.3 is 0 Å². The monoisotopic (exact) mass is 391 g/mol. The number of unbranched alkanes of at least 4 members (excludes halogenated alkanes) is 2. The van der Waals surface area contributed by atoms with Crippen molar-refractivity contribution in [2.75, 3.05) is 13.6 Å². The zero-order valence-corrected chi connectivity index (χ0v) is 17.0. The molecule has 152 valence electrons. The summed E-state index contributed by atoms with van der Waals surface area (Å²) in [5.41, 5.74) is 9.09. The lowest BCUT2D eigenvalue weighted by molar-refractivity contribution is -0.130. The van der Waals surface area contributed by atoms with Gasteiger partial charge in [-0.3, -0.25) is 4.79 Å². The highest BCUT2D eigenvalue weighted by Crippen LogP contribution is 2.20. The molecule has 1 aromatic heterocycles. The lowest BCUT2D eigenvalue weighted by Crippen LogP contribution is -2.30. The molecule has 0 saturated heterocycles. The summed E-state index contributed by atoms with van der Waals surface area (Å²) in [5.74, 6) is 0.992. The molecule has 0 aliphatic rings. The van der Waals surface area contributed by atoms with Gasteiger partial charge in [0.15, 0.2) is 0 Å². The number of benzene rings is 2. The number of nitrogens with two attached hydrogens (primary N) is 1. The van der Waals surface area contributed by atoms with Crippen LogP contribution in [-0.4, -0.2) is 29.6 Å². The average Bonchev–Trinajstić information content (AvgIpc) is 3.23. The maximum absolute atomic E-state index is 12.4. The molecule has 29 heavy (non-hydrogen) atoms. The topological polar surface area (TPSA) is 72.4 Å². The van der Waals surface area contributed by atoms with Gasteiger partial charge in [0.1, 0.15) is 11.5 Å². The SMILES string of the molecule is CN(CCCCCc1cc(-c2ccccc2)no1)C(=O)CC(N)c1ccccc1. The number of hydrogen-bond donors (Lipinski definition) is 1. The van der Waals surface area contributed by atoms with Crippen molar-refractivity contribution in [2.24, 2.45) is 5.73 Å². The second-order valence-electron chi connectivity index (χ2n) is 7.39. The number of amides is 1. The zero-order chi connectivity index (χ0) is 20.5. The van der Waals surface area contributed by atoms with Gasteiger partial charge in [0.25, 0.3) is 0 Å². The summed E-state index contributed by atoms with van der Waals surface area (Å²) in [5, 5.41) is 4.15. The van der Waals surface area contributed by atoms with Gasteiger partial charge < -0.3 is 15.2 Å². The van der Waals surface area contributed by atoms with Crippen molar-refractivity contribution in [3.05, 3.63) is 78.1 Å². The summed E-state index contributed by atoms with van der Waals surface area (Å²) in [6.07, 6.45) is 4.19. The Balaban J connectivity index is 1.34. The molecule has 0 aliphatic heterocycles. The summed E-state index contributed by atoms with van der Waals surface area (Å²) in [7, 11) is 1.85. The number of rotatable bonds is 10. The van der Waals surface area contributed by atoms with E-state index in [1.165, 1.54) is 0 Å². The van der Waals surface area contributed by atoms with Crippen LogP contribution >= 0.6 is 0 Å². The molecule has 0 radical (unpaired) electrons.